The number of hydrogen-bond donors (Lipinski definition) is 2. The molecule has 0 spiro atoms. The fraction of sp³-hybridized carbons (Fsp3) is 0.143. The van der Waals surface area contributed by atoms with Gasteiger partial charge in [-0.25, -0.2) is 19.7 Å². The first-order valence-corrected chi connectivity index (χ1v) is 12.6. The normalized spacial score (nSPS) is 11.0. The quantitative estimate of drug-likeness (QED) is 0.246. The molecule has 36 heavy (non-hydrogen) atoms. The number of thioether (sulfide) groups is 1. The van der Waals surface area contributed by atoms with Gasteiger partial charge in [0.15, 0.2) is 5.16 Å². The lowest BCUT2D eigenvalue weighted by Gasteiger charge is -2.11. The lowest BCUT2D eigenvalue weighted by Crippen LogP contribution is -2.07. The molecule has 0 atom stereocenters. The monoisotopic (exact) mass is 495 g/mol. The molecule has 3 aromatic carbocycles. The number of aromatic nitrogens is 4. The van der Waals surface area contributed by atoms with Gasteiger partial charge in [-0.3, -0.25) is 0 Å². The Hall–Kier alpha value is -4.17. The number of benzene rings is 3. The fourth-order valence-electron chi connectivity index (χ4n) is 4.10. The molecule has 0 bridgehead atoms. The van der Waals surface area contributed by atoms with E-state index < -0.39 is 5.97 Å². The first-order valence-electron chi connectivity index (χ1n) is 11.6. The average molecular weight is 496 g/mol. The van der Waals surface area contributed by atoms with Gasteiger partial charge in [-0.15, -0.1) is 0 Å². The minimum atomic E-state index is -0.916. The Morgan fingerprint density at radius 3 is 2.53 bits per heavy atom. The number of aromatic carboxylic acids is 1. The molecule has 180 valence electrons. The molecular weight excluding hydrogens is 470 g/mol. The molecule has 2 heterocycles. The van der Waals surface area contributed by atoms with Gasteiger partial charge < -0.3 is 15.0 Å². The molecule has 7 nitrogen and oxygen atoms in total. The highest BCUT2D eigenvalue weighted by Gasteiger charge is 2.14. The van der Waals surface area contributed by atoms with Gasteiger partial charge in [0, 0.05) is 37.3 Å². The van der Waals surface area contributed by atoms with E-state index in [1.807, 2.05) is 18.2 Å². The van der Waals surface area contributed by atoms with E-state index >= 15 is 0 Å². The van der Waals surface area contributed by atoms with Crippen molar-refractivity contribution in [1.29, 1.82) is 0 Å². The van der Waals surface area contributed by atoms with E-state index in [0.717, 1.165) is 16.4 Å². The molecule has 2 N–H and O–H groups in total. The summed E-state index contributed by atoms with van der Waals surface area (Å²) in [6.07, 6.45) is 6.21. The summed E-state index contributed by atoms with van der Waals surface area (Å²) in [5.41, 5.74) is 3.26. The molecule has 0 aliphatic carbocycles. The number of fused-ring (bicyclic) bond motifs is 1. The number of carboxylic acids is 1. The van der Waals surface area contributed by atoms with E-state index in [9.17, 15) is 9.90 Å². The van der Waals surface area contributed by atoms with Crippen molar-refractivity contribution in [3.05, 3.63) is 114 Å². The number of carbonyl (C=O) groups is 1. The van der Waals surface area contributed by atoms with Crippen LogP contribution in [0.25, 0.3) is 10.8 Å². The molecule has 0 amide bonds. The fourth-order valence-corrected chi connectivity index (χ4v) is 5.10. The zero-order valence-corrected chi connectivity index (χ0v) is 20.4. The van der Waals surface area contributed by atoms with Gasteiger partial charge in [0.25, 0.3) is 0 Å². The molecule has 8 heteroatoms. The Bertz CT molecular complexity index is 1480. The minimum Gasteiger partial charge on any atom is -0.478 e. The third-order valence-corrected chi connectivity index (χ3v) is 6.88. The SMILES string of the molecule is O=C(O)c1ccccc1CSc1nc(CCNc2ncccn2)cn1Cc1cccc2ccccc12. The summed E-state index contributed by atoms with van der Waals surface area (Å²) >= 11 is 1.55. The second-order valence-electron chi connectivity index (χ2n) is 8.28. The molecule has 0 fully saturated rings. The van der Waals surface area contributed by atoms with Crippen LogP contribution in [-0.2, 0) is 18.7 Å². The molecule has 0 radical (unpaired) electrons. The third kappa shape index (κ3) is 5.55. The number of imidazole rings is 1. The van der Waals surface area contributed by atoms with E-state index in [0.29, 0.717) is 36.8 Å². The number of anilines is 1. The van der Waals surface area contributed by atoms with Crippen molar-refractivity contribution in [2.24, 2.45) is 0 Å². The largest absolute Gasteiger partial charge is 0.478 e. The lowest BCUT2D eigenvalue weighted by atomic mass is 10.0. The highest BCUT2D eigenvalue weighted by atomic mass is 32.2. The van der Waals surface area contributed by atoms with Crippen molar-refractivity contribution in [3.63, 3.8) is 0 Å². The van der Waals surface area contributed by atoms with Crippen LogP contribution < -0.4 is 5.32 Å². The van der Waals surface area contributed by atoms with Gasteiger partial charge in [-0.05, 0) is 34.0 Å². The Morgan fingerprint density at radius 2 is 1.67 bits per heavy atom. The predicted molar refractivity (Wildman–Crippen MR) is 142 cm³/mol. The van der Waals surface area contributed by atoms with Gasteiger partial charge in [0.1, 0.15) is 0 Å². The van der Waals surface area contributed by atoms with Crippen molar-refractivity contribution in [2.45, 2.75) is 23.9 Å². The average Bonchev–Trinajstić information content (AvgIpc) is 3.29. The standard InChI is InChI=1S/C28H25N5O2S/c34-26(35)25-12-4-2-8-22(25)19-36-28-32-23(13-16-31-27-29-14-6-15-30-27)18-33(28)17-21-10-5-9-20-7-1-3-11-24(20)21/h1-12,14-15,18H,13,16-17,19H2,(H,34,35)(H,29,30,31). The molecule has 0 saturated heterocycles. The van der Waals surface area contributed by atoms with Gasteiger partial charge in [-0.1, -0.05) is 72.4 Å². The van der Waals surface area contributed by atoms with Crippen LogP contribution in [0.2, 0.25) is 0 Å². The summed E-state index contributed by atoms with van der Waals surface area (Å²) in [7, 11) is 0. The second-order valence-corrected chi connectivity index (χ2v) is 9.22. The van der Waals surface area contributed by atoms with Crippen LogP contribution in [0.15, 0.2) is 96.5 Å². The zero-order valence-electron chi connectivity index (χ0n) is 19.5. The molecule has 0 aliphatic heterocycles. The number of hydrogen-bond acceptors (Lipinski definition) is 6. The topological polar surface area (TPSA) is 92.9 Å². The van der Waals surface area contributed by atoms with Gasteiger partial charge in [0.05, 0.1) is 17.8 Å². The highest BCUT2D eigenvalue weighted by molar-refractivity contribution is 7.98. The van der Waals surface area contributed by atoms with E-state index in [1.54, 1.807) is 42.4 Å². The summed E-state index contributed by atoms with van der Waals surface area (Å²) in [6, 6.07) is 23.6. The van der Waals surface area contributed by atoms with Crippen LogP contribution >= 0.6 is 11.8 Å². The molecule has 2 aromatic heterocycles. The maximum Gasteiger partial charge on any atom is 0.335 e. The maximum absolute atomic E-state index is 11.7. The number of rotatable bonds is 10. The van der Waals surface area contributed by atoms with Gasteiger partial charge in [0.2, 0.25) is 5.95 Å². The zero-order chi connectivity index (χ0) is 24.7. The van der Waals surface area contributed by atoms with Crippen LogP contribution in [0.5, 0.6) is 0 Å². The van der Waals surface area contributed by atoms with Crippen LogP contribution in [-0.4, -0.2) is 37.1 Å². The molecular formula is C28H25N5O2S. The summed E-state index contributed by atoms with van der Waals surface area (Å²) < 4.78 is 2.16. The third-order valence-electron chi connectivity index (χ3n) is 5.85. The summed E-state index contributed by atoms with van der Waals surface area (Å²) in [5, 5.41) is 16.1. The highest BCUT2D eigenvalue weighted by Crippen LogP contribution is 2.27. The molecule has 5 rings (SSSR count). The van der Waals surface area contributed by atoms with Crippen LogP contribution in [0, 0.1) is 0 Å². The van der Waals surface area contributed by atoms with Crippen molar-refractivity contribution < 1.29 is 9.90 Å². The number of nitrogens with one attached hydrogen (secondary N) is 1. The predicted octanol–water partition coefficient (Wildman–Crippen LogP) is 5.52. The van der Waals surface area contributed by atoms with Crippen molar-refractivity contribution in [3.8, 4) is 0 Å². The Labute approximate surface area is 213 Å². The number of nitrogens with zero attached hydrogens (tertiary/aromatic N) is 4. The molecule has 0 unspecified atom stereocenters. The van der Waals surface area contributed by atoms with Crippen molar-refractivity contribution in [2.75, 3.05) is 11.9 Å². The minimum absolute atomic E-state index is 0.324. The van der Waals surface area contributed by atoms with Crippen molar-refractivity contribution in [1.82, 2.24) is 19.5 Å². The van der Waals surface area contributed by atoms with Gasteiger partial charge in [-0.2, -0.15) is 0 Å². The van der Waals surface area contributed by atoms with Crippen LogP contribution in [0.4, 0.5) is 5.95 Å². The van der Waals surface area contributed by atoms with E-state index in [4.69, 9.17) is 4.98 Å². The van der Waals surface area contributed by atoms with E-state index in [2.05, 4.69) is 62.4 Å². The molecule has 0 aliphatic rings. The summed E-state index contributed by atoms with van der Waals surface area (Å²) in [4.78, 5) is 25.0. The smallest absolute Gasteiger partial charge is 0.335 e. The summed E-state index contributed by atoms with van der Waals surface area (Å²) in [5.74, 6) is 0.192. The molecule has 5 aromatic rings. The van der Waals surface area contributed by atoms with Crippen LogP contribution in [0.3, 0.4) is 0 Å². The Kier molecular flexibility index (Phi) is 7.23. The second kappa shape index (κ2) is 11.0. The molecule has 0 saturated carbocycles. The van der Waals surface area contributed by atoms with E-state index in [1.165, 1.54) is 16.3 Å². The maximum atomic E-state index is 11.7. The van der Waals surface area contributed by atoms with Crippen molar-refractivity contribution >= 4 is 34.5 Å². The first kappa shape index (κ1) is 23.6. The lowest BCUT2D eigenvalue weighted by molar-refractivity contribution is 0.0696. The summed E-state index contributed by atoms with van der Waals surface area (Å²) in [6.45, 7) is 1.33. The van der Waals surface area contributed by atoms with Gasteiger partial charge >= 0.3 is 5.97 Å². The Morgan fingerprint density at radius 1 is 0.917 bits per heavy atom. The Balaban J connectivity index is 1.39. The van der Waals surface area contributed by atoms with E-state index in [-0.39, 0.29) is 0 Å². The van der Waals surface area contributed by atoms with Crippen LogP contribution in [0.1, 0.15) is 27.2 Å². The number of carboxylic acid groups (broad SMARTS) is 1. The first-order chi connectivity index (χ1) is 17.7.